The molecule has 106 valence electrons. The van der Waals surface area contributed by atoms with E-state index in [9.17, 15) is 4.39 Å². The normalized spacial score (nSPS) is 10.6. The lowest BCUT2D eigenvalue weighted by molar-refractivity contribution is 0.612. The van der Waals surface area contributed by atoms with Gasteiger partial charge in [0.15, 0.2) is 0 Å². The summed E-state index contributed by atoms with van der Waals surface area (Å²) in [7, 11) is 0. The van der Waals surface area contributed by atoms with E-state index in [0.29, 0.717) is 12.1 Å². The smallest absolute Gasteiger partial charge is 0.128 e. The fourth-order valence-corrected chi connectivity index (χ4v) is 2.50. The third kappa shape index (κ3) is 3.31. The maximum atomic E-state index is 13.7. The summed E-state index contributed by atoms with van der Waals surface area (Å²) in [6.07, 6.45) is 1.71. The van der Waals surface area contributed by atoms with E-state index >= 15 is 0 Å². The molecule has 3 aromatic rings. The van der Waals surface area contributed by atoms with Gasteiger partial charge < -0.3 is 5.32 Å². The molecule has 0 atom stereocenters. The van der Waals surface area contributed by atoms with Gasteiger partial charge >= 0.3 is 0 Å². The number of halogens is 2. The summed E-state index contributed by atoms with van der Waals surface area (Å²) in [6.45, 7) is 0.428. The van der Waals surface area contributed by atoms with Gasteiger partial charge in [-0.05, 0) is 36.4 Å². The largest absolute Gasteiger partial charge is 0.381 e. The van der Waals surface area contributed by atoms with Crippen LogP contribution in [0.4, 0.5) is 10.1 Å². The van der Waals surface area contributed by atoms with Gasteiger partial charge in [0.25, 0.3) is 0 Å². The molecule has 0 fully saturated rings. The van der Waals surface area contributed by atoms with Gasteiger partial charge in [0.1, 0.15) is 5.82 Å². The number of aromatic nitrogens is 2. The van der Waals surface area contributed by atoms with Crippen molar-refractivity contribution < 1.29 is 4.39 Å². The van der Waals surface area contributed by atoms with E-state index in [0.717, 1.165) is 21.4 Å². The number of benzene rings is 2. The highest BCUT2D eigenvalue weighted by molar-refractivity contribution is 9.10. The van der Waals surface area contributed by atoms with Crippen LogP contribution < -0.4 is 5.32 Å². The van der Waals surface area contributed by atoms with E-state index in [1.807, 2.05) is 30.3 Å². The Kier molecular flexibility index (Phi) is 4.01. The fraction of sp³-hybridized carbons (Fsp3) is 0.0625. The van der Waals surface area contributed by atoms with Crippen molar-refractivity contribution in [2.45, 2.75) is 6.54 Å². The van der Waals surface area contributed by atoms with Crippen molar-refractivity contribution in [1.82, 2.24) is 10.2 Å². The molecular weight excluding hydrogens is 333 g/mol. The van der Waals surface area contributed by atoms with E-state index in [4.69, 9.17) is 0 Å². The van der Waals surface area contributed by atoms with Gasteiger partial charge in [-0.1, -0.05) is 28.1 Å². The zero-order valence-electron chi connectivity index (χ0n) is 11.1. The van der Waals surface area contributed by atoms with Crippen LogP contribution in [-0.4, -0.2) is 10.2 Å². The van der Waals surface area contributed by atoms with Gasteiger partial charge in [-0.15, -0.1) is 0 Å². The molecule has 1 heterocycles. The van der Waals surface area contributed by atoms with Crippen LogP contribution in [-0.2, 0) is 6.54 Å². The molecule has 1 aromatic heterocycles. The van der Waals surface area contributed by atoms with Crippen LogP contribution in [0.15, 0.2) is 59.2 Å². The molecule has 2 aromatic carbocycles. The first-order valence-electron chi connectivity index (χ1n) is 6.50. The molecule has 0 saturated heterocycles. The minimum Gasteiger partial charge on any atom is -0.381 e. The standard InChI is InChI=1S/C16H13BrFN3/c17-13-4-5-15(18)12(8-13)10-19-14-3-1-2-11(9-14)16-6-7-20-21-16/h1-9,19H,10H2,(H,20,21). The molecule has 0 aliphatic heterocycles. The van der Waals surface area contributed by atoms with Crippen molar-refractivity contribution in [3.05, 3.63) is 70.6 Å². The second kappa shape index (κ2) is 6.10. The third-order valence-corrected chi connectivity index (χ3v) is 3.66. The number of anilines is 1. The molecule has 5 heteroatoms. The number of nitrogens with one attached hydrogen (secondary N) is 2. The Morgan fingerprint density at radius 3 is 2.86 bits per heavy atom. The Morgan fingerprint density at radius 1 is 1.14 bits per heavy atom. The van der Waals surface area contributed by atoms with E-state index < -0.39 is 0 Å². The van der Waals surface area contributed by atoms with Crippen molar-refractivity contribution in [3.8, 4) is 11.3 Å². The summed E-state index contributed by atoms with van der Waals surface area (Å²) in [5.74, 6) is -0.213. The molecule has 0 radical (unpaired) electrons. The number of hydrogen-bond donors (Lipinski definition) is 2. The maximum Gasteiger partial charge on any atom is 0.128 e. The van der Waals surface area contributed by atoms with Gasteiger partial charge in [-0.2, -0.15) is 5.10 Å². The van der Waals surface area contributed by atoms with Crippen molar-refractivity contribution in [1.29, 1.82) is 0 Å². The number of rotatable bonds is 4. The first-order chi connectivity index (χ1) is 10.2. The van der Waals surface area contributed by atoms with E-state index in [1.54, 1.807) is 18.3 Å². The van der Waals surface area contributed by atoms with E-state index in [2.05, 4.69) is 31.4 Å². The molecule has 2 N–H and O–H groups in total. The lowest BCUT2D eigenvalue weighted by Crippen LogP contribution is -2.01. The molecule has 0 bridgehead atoms. The minimum atomic E-state index is -0.213. The Morgan fingerprint density at radius 2 is 2.05 bits per heavy atom. The van der Waals surface area contributed by atoms with Crippen molar-refractivity contribution in [2.75, 3.05) is 5.32 Å². The predicted molar refractivity (Wildman–Crippen MR) is 85.5 cm³/mol. The van der Waals surface area contributed by atoms with Gasteiger partial charge in [0.2, 0.25) is 0 Å². The summed E-state index contributed by atoms with van der Waals surface area (Å²) in [5.41, 5.74) is 3.54. The Labute approximate surface area is 130 Å². The highest BCUT2D eigenvalue weighted by Gasteiger charge is 2.04. The monoisotopic (exact) mass is 345 g/mol. The number of H-pyrrole nitrogens is 1. The minimum absolute atomic E-state index is 0.213. The molecule has 3 rings (SSSR count). The van der Waals surface area contributed by atoms with Gasteiger partial charge in [0.05, 0.1) is 5.69 Å². The molecule has 0 unspecified atom stereocenters. The highest BCUT2D eigenvalue weighted by atomic mass is 79.9. The van der Waals surface area contributed by atoms with Gasteiger partial charge in [-0.3, -0.25) is 5.10 Å². The second-order valence-electron chi connectivity index (χ2n) is 4.64. The molecule has 0 aliphatic rings. The Bertz CT molecular complexity index is 741. The van der Waals surface area contributed by atoms with Gasteiger partial charge in [-0.25, -0.2) is 4.39 Å². The zero-order chi connectivity index (χ0) is 14.7. The summed E-state index contributed by atoms with van der Waals surface area (Å²) in [5, 5.41) is 10.1. The molecule has 3 nitrogen and oxygen atoms in total. The molecule has 21 heavy (non-hydrogen) atoms. The first-order valence-corrected chi connectivity index (χ1v) is 7.29. The van der Waals surface area contributed by atoms with Crippen LogP contribution in [0.2, 0.25) is 0 Å². The lowest BCUT2D eigenvalue weighted by Gasteiger charge is -2.09. The third-order valence-electron chi connectivity index (χ3n) is 3.17. The topological polar surface area (TPSA) is 40.7 Å². The van der Waals surface area contributed by atoms with Crippen LogP contribution in [0.3, 0.4) is 0 Å². The summed E-state index contributed by atoms with van der Waals surface area (Å²) in [6, 6.07) is 14.8. The van der Waals surface area contributed by atoms with Crippen LogP contribution in [0.25, 0.3) is 11.3 Å². The first kappa shape index (κ1) is 13.8. The lowest BCUT2D eigenvalue weighted by atomic mass is 10.1. The number of hydrogen-bond acceptors (Lipinski definition) is 2. The van der Waals surface area contributed by atoms with Crippen molar-refractivity contribution in [2.24, 2.45) is 0 Å². The second-order valence-corrected chi connectivity index (χ2v) is 5.56. The maximum absolute atomic E-state index is 13.7. The van der Waals surface area contributed by atoms with Crippen molar-refractivity contribution in [3.63, 3.8) is 0 Å². The number of aromatic amines is 1. The Hall–Kier alpha value is -2.14. The SMILES string of the molecule is Fc1ccc(Br)cc1CNc1cccc(-c2ccn[nH]2)c1. The average molecular weight is 346 g/mol. The molecule has 0 amide bonds. The van der Waals surface area contributed by atoms with Gasteiger partial charge in [0, 0.05) is 34.0 Å². The molecule has 0 spiro atoms. The summed E-state index contributed by atoms with van der Waals surface area (Å²) in [4.78, 5) is 0. The predicted octanol–water partition coefficient (Wildman–Crippen LogP) is 4.59. The quantitative estimate of drug-likeness (QED) is 0.725. The number of nitrogens with zero attached hydrogens (tertiary/aromatic N) is 1. The van der Waals surface area contributed by atoms with E-state index in [-0.39, 0.29) is 5.82 Å². The fourth-order valence-electron chi connectivity index (χ4n) is 2.09. The molecule has 0 aliphatic carbocycles. The average Bonchev–Trinajstić information content (AvgIpc) is 3.03. The van der Waals surface area contributed by atoms with Crippen LogP contribution in [0, 0.1) is 5.82 Å². The Balaban J connectivity index is 1.76. The van der Waals surface area contributed by atoms with Crippen molar-refractivity contribution >= 4 is 21.6 Å². The van der Waals surface area contributed by atoms with Crippen LogP contribution in [0.1, 0.15) is 5.56 Å². The zero-order valence-corrected chi connectivity index (χ0v) is 12.7. The van der Waals surface area contributed by atoms with E-state index in [1.165, 1.54) is 6.07 Å². The van der Waals surface area contributed by atoms with Crippen LogP contribution >= 0.6 is 15.9 Å². The highest BCUT2D eigenvalue weighted by Crippen LogP contribution is 2.22. The summed E-state index contributed by atoms with van der Waals surface area (Å²) < 4.78 is 14.6. The summed E-state index contributed by atoms with van der Waals surface area (Å²) >= 11 is 3.35. The molecular formula is C16H13BrFN3. The van der Waals surface area contributed by atoms with Crippen LogP contribution in [0.5, 0.6) is 0 Å². The molecule has 0 saturated carbocycles.